The second kappa shape index (κ2) is 17.3. The molecule has 2 amide bonds. The van der Waals surface area contributed by atoms with Gasteiger partial charge in [0, 0.05) is 51.3 Å². The van der Waals surface area contributed by atoms with Crippen LogP contribution in [-0.4, -0.2) is 84.4 Å². The summed E-state index contributed by atoms with van der Waals surface area (Å²) in [6, 6.07) is 15.9. The number of nitrogens with zero attached hydrogens (tertiary/aromatic N) is 2. The first-order valence-electron chi connectivity index (χ1n) is 14.2. The lowest BCUT2D eigenvalue weighted by atomic mass is 9.96. The van der Waals surface area contributed by atoms with Gasteiger partial charge in [0.05, 0.1) is 6.04 Å². The van der Waals surface area contributed by atoms with Crippen LogP contribution in [0.3, 0.4) is 0 Å². The van der Waals surface area contributed by atoms with E-state index in [1.54, 1.807) is 37.3 Å². The fourth-order valence-corrected chi connectivity index (χ4v) is 5.02. The summed E-state index contributed by atoms with van der Waals surface area (Å²) in [4.78, 5) is 35.6. The number of hydrogen-bond donors (Lipinski definition) is 4. The number of carbonyl (C=O) groups is 3. The summed E-state index contributed by atoms with van der Waals surface area (Å²) >= 11 is 0. The van der Waals surface area contributed by atoms with E-state index in [1.165, 1.54) is 30.3 Å². The molecule has 1 aliphatic heterocycles. The average Bonchev–Trinajstić information content (AvgIpc) is 3.00. The molecule has 0 saturated carbocycles. The van der Waals surface area contributed by atoms with Gasteiger partial charge in [-0.1, -0.05) is 36.1 Å². The molecule has 5 N–H and O–H groups in total. The van der Waals surface area contributed by atoms with E-state index < -0.39 is 12.1 Å². The maximum absolute atomic E-state index is 13.6. The molecule has 3 aromatic carbocycles. The first-order valence-corrected chi connectivity index (χ1v) is 14.2. The van der Waals surface area contributed by atoms with Crippen LogP contribution in [0.1, 0.15) is 45.1 Å². The van der Waals surface area contributed by atoms with Gasteiger partial charge in [0.1, 0.15) is 29.6 Å². The number of benzene rings is 3. The van der Waals surface area contributed by atoms with Gasteiger partial charge in [0.15, 0.2) is 0 Å². The zero-order chi connectivity index (χ0) is 32.8. The predicted octanol–water partition coefficient (Wildman–Crippen LogP) is 3.87. The average molecular weight is 623 g/mol. The number of primary amides is 1. The standard InChI is InChI=1S/C32H33F2N3O5.CH3NO/c1-22-20-23(4-2-3-13-35-32(40)41)21-28(31(38)39)30(22)42-19-18-36-14-16-37(17-15-36)29(24-5-9-26(33)10-6-24)25-7-11-27(34)12-8-25;2-1-3/h5-12,20-21,29,35H,3,13-19H2,1H3,(H,38,39)(H,40,41);1H,(H2,2,3). The van der Waals surface area contributed by atoms with Crippen molar-refractivity contribution in [1.29, 1.82) is 0 Å². The van der Waals surface area contributed by atoms with Crippen molar-refractivity contribution < 1.29 is 38.1 Å². The molecule has 0 atom stereocenters. The first kappa shape index (κ1) is 34.5. The molecule has 45 heavy (non-hydrogen) atoms. The Morgan fingerprint density at radius 1 is 1.00 bits per heavy atom. The van der Waals surface area contributed by atoms with Crippen LogP contribution in [0.25, 0.3) is 0 Å². The number of carboxylic acids is 1. The Kier molecular flexibility index (Phi) is 13.3. The number of aromatic carboxylic acids is 1. The Balaban J connectivity index is 0.00000177. The summed E-state index contributed by atoms with van der Waals surface area (Å²) in [6.45, 7) is 5.80. The van der Waals surface area contributed by atoms with Crippen molar-refractivity contribution in [1.82, 2.24) is 15.1 Å². The van der Waals surface area contributed by atoms with Crippen molar-refractivity contribution >= 4 is 18.5 Å². The lowest BCUT2D eigenvalue weighted by Crippen LogP contribution is -2.48. The largest absolute Gasteiger partial charge is 0.491 e. The van der Waals surface area contributed by atoms with Crippen molar-refractivity contribution in [3.63, 3.8) is 0 Å². The molecule has 10 nitrogen and oxygen atoms in total. The molecule has 0 radical (unpaired) electrons. The molecule has 0 spiro atoms. The highest BCUT2D eigenvalue weighted by Gasteiger charge is 2.27. The zero-order valence-corrected chi connectivity index (χ0v) is 24.8. The molecule has 12 heteroatoms. The lowest BCUT2D eigenvalue weighted by molar-refractivity contribution is -0.106. The van der Waals surface area contributed by atoms with Crippen LogP contribution in [0.5, 0.6) is 5.75 Å². The molecule has 0 unspecified atom stereocenters. The van der Waals surface area contributed by atoms with Crippen molar-refractivity contribution in [2.24, 2.45) is 5.73 Å². The number of hydrogen-bond acceptors (Lipinski definition) is 6. The molecule has 3 aromatic rings. The number of nitrogens with two attached hydrogens (primary N) is 1. The summed E-state index contributed by atoms with van der Waals surface area (Å²) in [5, 5.41) is 20.6. The number of amides is 2. The predicted molar refractivity (Wildman–Crippen MR) is 164 cm³/mol. The van der Waals surface area contributed by atoms with Crippen molar-refractivity contribution in [3.8, 4) is 17.6 Å². The number of halogens is 2. The molecule has 0 aliphatic carbocycles. The van der Waals surface area contributed by atoms with Crippen molar-refractivity contribution in [2.75, 3.05) is 45.9 Å². The molecule has 238 valence electrons. The van der Waals surface area contributed by atoms with Gasteiger partial charge in [-0.05, 0) is 60.0 Å². The molecule has 1 fully saturated rings. The molecular weight excluding hydrogens is 586 g/mol. The van der Waals surface area contributed by atoms with Gasteiger partial charge in [-0.15, -0.1) is 0 Å². The normalized spacial score (nSPS) is 13.2. The van der Waals surface area contributed by atoms with E-state index >= 15 is 0 Å². The minimum absolute atomic E-state index is 0.0224. The van der Waals surface area contributed by atoms with Crippen LogP contribution in [0, 0.1) is 30.4 Å². The van der Waals surface area contributed by atoms with Gasteiger partial charge >= 0.3 is 12.1 Å². The Morgan fingerprint density at radius 3 is 2.07 bits per heavy atom. The number of piperazine rings is 1. The molecule has 1 aliphatic rings. The second-order valence-electron chi connectivity index (χ2n) is 10.1. The monoisotopic (exact) mass is 622 g/mol. The third-order valence-electron chi connectivity index (χ3n) is 7.06. The number of carbonyl (C=O) groups excluding carboxylic acids is 1. The number of aryl methyl sites for hydroxylation is 1. The van der Waals surface area contributed by atoms with E-state index in [0.29, 0.717) is 36.4 Å². The van der Waals surface area contributed by atoms with E-state index in [1.807, 2.05) is 0 Å². The smallest absolute Gasteiger partial charge is 0.404 e. The van der Waals surface area contributed by atoms with Crippen LogP contribution in [-0.2, 0) is 4.79 Å². The van der Waals surface area contributed by atoms with Crippen molar-refractivity contribution in [2.45, 2.75) is 19.4 Å². The fraction of sp³-hybridized carbons (Fsp3) is 0.303. The molecular formula is C33H36F2N4O6. The molecule has 0 bridgehead atoms. The molecule has 1 saturated heterocycles. The van der Waals surface area contributed by atoms with Crippen LogP contribution >= 0.6 is 0 Å². The number of carboxylic acid groups (broad SMARTS) is 2. The van der Waals surface area contributed by atoms with E-state index in [0.717, 1.165) is 37.3 Å². The molecule has 0 aromatic heterocycles. The number of rotatable bonds is 10. The summed E-state index contributed by atoms with van der Waals surface area (Å²) in [6.07, 6.45) is -0.572. The zero-order valence-electron chi connectivity index (χ0n) is 24.8. The minimum atomic E-state index is -1.12. The molecule has 1 heterocycles. The highest BCUT2D eigenvalue weighted by Crippen LogP contribution is 2.30. The topological polar surface area (TPSA) is 145 Å². The summed E-state index contributed by atoms with van der Waals surface area (Å²) < 4.78 is 33.2. The third kappa shape index (κ3) is 10.6. The van der Waals surface area contributed by atoms with E-state index in [9.17, 15) is 23.5 Å². The SMILES string of the molecule is Cc1cc(C#CCCNC(=O)O)cc(C(=O)O)c1OCCN1CCN(C(c2ccc(F)cc2)c2ccc(F)cc2)CC1.NC=O. The Bertz CT molecular complexity index is 1450. The van der Waals surface area contributed by atoms with E-state index in [4.69, 9.17) is 14.6 Å². The Hall–Kier alpha value is -4.99. The van der Waals surface area contributed by atoms with Crippen LogP contribution in [0.15, 0.2) is 60.7 Å². The van der Waals surface area contributed by atoms with Gasteiger partial charge in [0.25, 0.3) is 0 Å². The van der Waals surface area contributed by atoms with Gasteiger partial charge in [-0.3, -0.25) is 14.6 Å². The minimum Gasteiger partial charge on any atom is -0.491 e. The highest BCUT2D eigenvalue weighted by atomic mass is 19.1. The second-order valence-corrected chi connectivity index (χ2v) is 10.1. The van der Waals surface area contributed by atoms with E-state index in [2.05, 4.69) is 32.7 Å². The van der Waals surface area contributed by atoms with Gasteiger partial charge in [-0.2, -0.15) is 0 Å². The van der Waals surface area contributed by atoms with E-state index in [-0.39, 0.29) is 36.2 Å². The van der Waals surface area contributed by atoms with Crippen molar-refractivity contribution in [3.05, 3.63) is 100 Å². The first-order chi connectivity index (χ1) is 21.6. The van der Waals surface area contributed by atoms with Gasteiger partial charge < -0.3 is 26.0 Å². The van der Waals surface area contributed by atoms with Crippen LogP contribution in [0.2, 0.25) is 0 Å². The third-order valence-corrected chi connectivity index (χ3v) is 7.06. The number of nitrogens with one attached hydrogen (secondary N) is 1. The summed E-state index contributed by atoms with van der Waals surface area (Å²) in [5.41, 5.74) is 7.21. The lowest BCUT2D eigenvalue weighted by Gasteiger charge is -2.39. The Labute approximate surface area is 260 Å². The number of ether oxygens (including phenoxy) is 1. The maximum atomic E-state index is 13.6. The summed E-state index contributed by atoms with van der Waals surface area (Å²) in [7, 11) is 0. The van der Waals surface area contributed by atoms with Gasteiger partial charge in [0.2, 0.25) is 6.41 Å². The van der Waals surface area contributed by atoms with Gasteiger partial charge in [-0.25, -0.2) is 18.4 Å². The maximum Gasteiger partial charge on any atom is 0.404 e. The van der Waals surface area contributed by atoms with Crippen LogP contribution < -0.4 is 15.8 Å². The summed E-state index contributed by atoms with van der Waals surface area (Å²) in [5.74, 6) is 4.28. The van der Waals surface area contributed by atoms with Crippen LogP contribution in [0.4, 0.5) is 13.6 Å². The fourth-order valence-electron chi connectivity index (χ4n) is 5.02. The Morgan fingerprint density at radius 2 is 1.56 bits per heavy atom. The molecule has 4 rings (SSSR count). The highest BCUT2D eigenvalue weighted by molar-refractivity contribution is 5.92. The quantitative estimate of drug-likeness (QED) is 0.152.